The van der Waals surface area contributed by atoms with Gasteiger partial charge in [-0.2, -0.15) is 0 Å². The molecule has 0 saturated carbocycles. The summed E-state index contributed by atoms with van der Waals surface area (Å²) >= 11 is 0. The predicted octanol–water partition coefficient (Wildman–Crippen LogP) is 3.47. The fourth-order valence-corrected chi connectivity index (χ4v) is 4.81. The lowest BCUT2D eigenvalue weighted by Crippen LogP contribution is -2.34. The van der Waals surface area contributed by atoms with Gasteiger partial charge in [-0.3, -0.25) is 4.99 Å². The number of nitrogen functional groups attached to an aromatic ring is 1. The van der Waals surface area contributed by atoms with Crippen LogP contribution >= 0.6 is 0 Å². The van der Waals surface area contributed by atoms with Crippen LogP contribution in [0.4, 0.5) is 29.2 Å². The van der Waals surface area contributed by atoms with Crippen molar-refractivity contribution in [2.75, 3.05) is 37.1 Å². The van der Waals surface area contributed by atoms with Crippen LogP contribution in [0.2, 0.25) is 0 Å². The summed E-state index contributed by atoms with van der Waals surface area (Å²) in [5.41, 5.74) is 4.43. The van der Waals surface area contributed by atoms with Crippen molar-refractivity contribution in [3.63, 3.8) is 0 Å². The molecule has 1 heterocycles. The molecular formula is C23H22F4N6O3S. The lowest BCUT2D eigenvalue weighted by atomic mass is 9.93. The van der Waals surface area contributed by atoms with Crippen LogP contribution in [0.25, 0.3) is 0 Å². The Morgan fingerprint density at radius 2 is 2.00 bits per heavy atom. The lowest BCUT2D eigenvalue weighted by Gasteiger charge is -2.25. The van der Waals surface area contributed by atoms with Crippen molar-refractivity contribution in [1.29, 1.82) is 5.41 Å². The number of nitrogens with zero attached hydrogens (tertiary/aromatic N) is 4. The van der Waals surface area contributed by atoms with E-state index in [1.54, 1.807) is 0 Å². The number of sulfonamides is 1. The zero-order chi connectivity index (χ0) is 27.2. The molecule has 3 aromatic rings. The third-order valence-electron chi connectivity index (χ3n) is 5.04. The van der Waals surface area contributed by atoms with E-state index in [0.717, 1.165) is 19.2 Å². The minimum atomic E-state index is -4.85. The van der Waals surface area contributed by atoms with Crippen LogP contribution in [0.15, 0.2) is 58.5 Å². The zero-order valence-electron chi connectivity index (χ0n) is 19.4. The molecule has 0 amide bonds. The SMILES string of the molecule is COCN(c1cccc(C(=N)C(C=NCCF)c2ccnc(N)n2)c1F)S(=O)(=O)c1cc(F)ccc1F. The fraction of sp³-hybridized carbons (Fsp3) is 0.217. The van der Waals surface area contributed by atoms with Crippen LogP contribution in [0, 0.1) is 22.9 Å². The van der Waals surface area contributed by atoms with E-state index < -0.39 is 63.1 Å². The van der Waals surface area contributed by atoms with Gasteiger partial charge in [0.1, 0.15) is 29.9 Å². The first-order valence-corrected chi connectivity index (χ1v) is 12.0. The normalized spacial score (nSPS) is 12.6. The Bertz CT molecular complexity index is 1420. The number of benzene rings is 2. The number of hydrogen-bond acceptors (Lipinski definition) is 8. The summed E-state index contributed by atoms with van der Waals surface area (Å²) in [6, 6.07) is 6.80. The maximum Gasteiger partial charge on any atom is 0.269 e. The number of methoxy groups -OCH3 is 1. The van der Waals surface area contributed by atoms with Crippen molar-refractivity contribution < 1.29 is 30.7 Å². The number of nitrogens with two attached hydrogens (primary N) is 1. The third kappa shape index (κ3) is 6.09. The van der Waals surface area contributed by atoms with Crippen LogP contribution in [0.3, 0.4) is 0 Å². The number of aliphatic imine (C=N–C) groups is 1. The first kappa shape index (κ1) is 27.7. The van der Waals surface area contributed by atoms with Gasteiger partial charge in [0, 0.05) is 25.1 Å². The summed E-state index contributed by atoms with van der Waals surface area (Å²) in [6.07, 6.45) is 2.51. The molecule has 37 heavy (non-hydrogen) atoms. The first-order valence-electron chi connectivity index (χ1n) is 10.6. The molecular weight excluding hydrogens is 516 g/mol. The van der Waals surface area contributed by atoms with Crippen molar-refractivity contribution in [3.05, 3.63) is 77.4 Å². The largest absolute Gasteiger partial charge is 0.368 e. The molecule has 2 aromatic carbocycles. The summed E-state index contributed by atoms with van der Waals surface area (Å²) < 4.78 is 88.3. The molecule has 9 nitrogen and oxygen atoms in total. The minimum absolute atomic E-state index is 0.127. The van der Waals surface area contributed by atoms with E-state index in [2.05, 4.69) is 15.0 Å². The van der Waals surface area contributed by atoms with Gasteiger partial charge >= 0.3 is 0 Å². The molecule has 1 atom stereocenters. The van der Waals surface area contributed by atoms with Gasteiger partial charge < -0.3 is 15.9 Å². The number of alkyl halides is 1. The average Bonchev–Trinajstić information content (AvgIpc) is 2.86. The van der Waals surface area contributed by atoms with E-state index in [0.29, 0.717) is 16.4 Å². The van der Waals surface area contributed by atoms with Crippen molar-refractivity contribution in [2.45, 2.75) is 10.8 Å². The van der Waals surface area contributed by atoms with E-state index in [9.17, 15) is 21.6 Å². The maximum absolute atomic E-state index is 15.8. The van der Waals surface area contributed by atoms with Gasteiger partial charge in [0.15, 0.2) is 5.82 Å². The van der Waals surface area contributed by atoms with Gasteiger partial charge in [0.25, 0.3) is 10.0 Å². The quantitative estimate of drug-likeness (QED) is 0.218. The van der Waals surface area contributed by atoms with Crippen molar-refractivity contribution in [1.82, 2.24) is 9.97 Å². The Balaban J connectivity index is 2.13. The number of anilines is 2. The summed E-state index contributed by atoms with van der Waals surface area (Å²) in [7, 11) is -3.72. The number of rotatable bonds is 11. The molecule has 0 fully saturated rings. The fourth-order valence-electron chi connectivity index (χ4n) is 3.36. The van der Waals surface area contributed by atoms with Crippen LogP contribution < -0.4 is 10.0 Å². The molecule has 1 aromatic heterocycles. The molecule has 3 N–H and O–H groups in total. The summed E-state index contributed by atoms with van der Waals surface area (Å²) in [4.78, 5) is 10.7. The number of halogens is 4. The minimum Gasteiger partial charge on any atom is -0.368 e. The average molecular weight is 539 g/mol. The molecule has 0 saturated heterocycles. The number of nitrogens with one attached hydrogen (secondary N) is 1. The van der Waals surface area contributed by atoms with Crippen LogP contribution in [-0.4, -0.2) is 57.4 Å². The lowest BCUT2D eigenvalue weighted by molar-refractivity contribution is 0.209. The van der Waals surface area contributed by atoms with E-state index in [1.165, 1.54) is 30.6 Å². The van der Waals surface area contributed by atoms with E-state index >= 15 is 4.39 Å². The molecule has 196 valence electrons. The Hall–Kier alpha value is -3.91. The zero-order valence-corrected chi connectivity index (χ0v) is 20.2. The maximum atomic E-state index is 15.8. The topological polar surface area (TPSA) is 135 Å². The van der Waals surface area contributed by atoms with E-state index in [4.69, 9.17) is 15.9 Å². The number of aromatic nitrogens is 2. The Labute approximate surface area is 210 Å². The molecule has 0 radical (unpaired) electrons. The van der Waals surface area contributed by atoms with Crippen molar-refractivity contribution >= 4 is 33.6 Å². The standard InChI is InChI=1S/C23H22F4N6O3S/c1-36-13-33(37(34,35)20-11-14(25)5-6-17(20)26)19-4-2-3-15(21(19)27)22(28)16(12-30-10-8-24)18-7-9-31-23(29)32-18/h2-7,9,11-12,16,28H,8,10,13H2,1H3,(H2,29,31,32). The van der Waals surface area contributed by atoms with Gasteiger partial charge in [0.05, 0.1) is 29.6 Å². The Kier molecular flexibility index (Phi) is 8.89. The Morgan fingerprint density at radius 3 is 2.68 bits per heavy atom. The van der Waals surface area contributed by atoms with Crippen molar-refractivity contribution in [3.8, 4) is 0 Å². The molecule has 3 rings (SSSR count). The van der Waals surface area contributed by atoms with Crippen LogP contribution in [0.5, 0.6) is 0 Å². The second-order valence-corrected chi connectivity index (χ2v) is 9.29. The third-order valence-corrected chi connectivity index (χ3v) is 6.79. The monoisotopic (exact) mass is 538 g/mol. The van der Waals surface area contributed by atoms with Gasteiger partial charge in [-0.15, -0.1) is 0 Å². The van der Waals surface area contributed by atoms with Gasteiger partial charge in [-0.25, -0.2) is 40.3 Å². The molecule has 1 unspecified atom stereocenters. The number of ether oxygens (including phenoxy) is 1. The molecule has 0 aliphatic heterocycles. The van der Waals surface area contributed by atoms with Crippen LogP contribution in [0.1, 0.15) is 17.2 Å². The van der Waals surface area contributed by atoms with Crippen molar-refractivity contribution in [2.24, 2.45) is 4.99 Å². The molecule has 0 aliphatic rings. The van der Waals surface area contributed by atoms with Gasteiger partial charge in [-0.1, -0.05) is 12.1 Å². The predicted molar refractivity (Wildman–Crippen MR) is 130 cm³/mol. The van der Waals surface area contributed by atoms with E-state index in [-0.39, 0.29) is 23.8 Å². The summed E-state index contributed by atoms with van der Waals surface area (Å²) in [5, 5.41) is 8.66. The highest BCUT2D eigenvalue weighted by atomic mass is 32.2. The first-order chi connectivity index (χ1) is 17.6. The van der Waals surface area contributed by atoms with Gasteiger partial charge in [-0.05, 0) is 30.3 Å². The number of hydrogen-bond donors (Lipinski definition) is 2. The molecule has 14 heteroatoms. The second-order valence-electron chi connectivity index (χ2n) is 7.46. The highest BCUT2D eigenvalue weighted by Gasteiger charge is 2.32. The molecule has 0 aliphatic carbocycles. The summed E-state index contributed by atoms with van der Waals surface area (Å²) in [5.74, 6) is -4.67. The second kappa shape index (κ2) is 11.9. The molecule has 0 bridgehead atoms. The van der Waals surface area contributed by atoms with Gasteiger partial charge in [0.2, 0.25) is 5.95 Å². The Morgan fingerprint density at radius 1 is 1.24 bits per heavy atom. The van der Waals surface area contributed by atoms with E-state index in [1.807, 2.05) is 0 Å². The highest BCUT2D eigenvalue weighted by molar-refractivity contribution is 7.92. The smallest absolute Gasteiger partial charge is 0.269 e. The molecule has 0 spiro atoms. The highest BCUT2D eigenvalue weighted by Crippen LogP contribution is 2.31. The van der Waals surface area contributed by atoms with Crippen LogP contribution in [-0.2, 0) is 14.8 Å². The summed E-state index contributed by atoms with van der Waals surface area (Å²) in [6.45, 7) is -1.74.